The van der Waals surface area contributed by atoms with Crippen molar-refractivity contribution in [2.45, 2.75) is 32.7 Å². The zero-order chi connectivity index (χ0) is 17.5. The van der Waals surface area contributed by atoms with Crippen molar-refractivity contribution in [3.63, 3.8) is 0 Å². The lowest BCUT2D eigenvalue weighted by atomic mass is 10.2. The Morgan fingerprint density at radius 3 is 2.56 bits per heavy atom. The highest BCUT2D eigenvalue weighted by Gasteiger charge is 2.02. The van der Waals surface area contributed by atoms with Crippen molar-refractivity contribution < 1.29 is 4.79 Å². The Hall–Kier alpha value is -0.960. The summed E-state index contributed by atoms with van der Waals surface area (Å²) in [5, 5.41) is 9.35. The zero-order valence-electron chi connectivity index (χ0n) is 15.2. The van der Waals surface area contributed by atoms with Gasteiger partial charge < -0.3 is 16.0 Å². The van der Waals surface area contributed by atoms with Crippen LogP contribution in [-0.2, 0) is 11.3 Å². The maximum absolute atomic E-state index is 11.9. The summed E-state index contributed by atoms with van der Waals surface area (Å²) in [6, 6.07) is 9.93. The van der Waals surface area contributed by atoms with Gasteiger partial charge in [0.25, 0.3) is 0 Å². The van der Waals surface area contributed by atoms with Crippen LogP contribution in [-0.4, -0.2) is 43.5 Å². The lowest BCUT2D eigenvalue weighted by molar-refractivity contribution is -0.121. The molecule has 3 N–H and O–H groups in total. The molecule has 0 aliphatic rings. The zero-order valence-corrected chi connectivity index (χ0v) is 18.4. The Morgan fingerprint density at radius 2 is 1.88 bits per heavy atom. The second-order valence-corrected chi connectivity index (χ2v) is 6.39. The molecule has 5 nitrogen and oxygen atoms in total. The molecule has 0 saturated heterocycles. The Balaban J connectivity index is 0.00000576. The summed E-state index contributed by atoms with van der Waals surface area (Å²) in [4.78, 5) is 16.4. The molecule has 0 radical (unpaired) electrons. The van der Waals surface area contributed by atoms with Gasteiger partial charge in [0.05, 0.1) is 0 Å². The number of nitrogens with one attached hydrogen (secondary N) is 3. The van der Waals surface area contributed by atoms with Gasteiger partial charge in [-0.3, -0.25) is 9.79 Å². The number of thioether (sulfide) groups is 1. The van der Waals surface area contributed by atoms with Crippen molar-refractivity contribution in [1.82, 2.24) is 16.0 Å². The van der Waals surface area contributed by atoms with E-state index in [0.29, 0.717) is 19.5 Å². The summed E-state index contributed by atoms with van der Waals surface area (Å²) in [5.41, 5.74) is 1.11. The van der Waals surface area contributed by atoms with Crippen molar-refractivity contribution in [2.75, 3.05) is 31.6 Å². The van der Waals surface area contributed by atoms with Crippen LogP contribution in [0.2, 0.25) is 0 Å². The monoisotopic (exact) mass is 478 g/mol. The quantitative estimate of drug-likeness (QED) is 0.198. The number of carbonyl (C=O) groups is 1. The summed E-state index contributed by atoms with van der Waals surface area (Å²) in [7, 11) is 0. The van der Waals surface area contributed by atoms with Crippen LogP contribution in [0.15, 0.2) is 35.3 Å². The number of hydrogen-bond acceptors (Lipinski definition) is 3. The maximum Gasteiger partial charge on any atom is 0.222 e. The molecular weight excluding hydrogens is 447 g/mol. The lowest BCUT2D eigenvalue weighted by Crippen LogP contribution is -2.39. The van der Waals surface area contributed by atoms with E-state index < -0.39 is 0 Å². The molecule has 1 amide bonds. The van der Waals surface area contributed by atoms with Crippen LogP contribution in [0.3, 0.4) is 0 Å². The number of aliphatic imine (C=N–C) groups is 1. The van der Waals surface area contributed by atoms with Crippen LogP contribution < -0.4 is 16.0 Å². The summed E-state index contributed by atoms with van der Waals surface area (Å²) in [5.74, 6) is 2.01. The minimum absolute atomic E-state index is 0. The van der Waals surface area contributed by atoms with Crippen LogP contribution in [0.25, 0.3) is 0 Å². The van der Waals surface area contributed by atoms with Crippen molar-refractivity contribution in [1.29, 1.82) is 0 Å². The molecule has 0 saturated carbocycles. The summed E-state index contributed by atoms with van der Waals surface area (Å²) in [6.45, 7) is 4.82. The second-order valence-electron chi connectivity index (χ2n) is 5.40. The third kappa shape index (κ3) is 13.0. The van der Waals surface area contributed by atoms with Crippen LogP contribution in [0.4, 0.5) is 0 Å². The average molecular weight is 478 g/mol. The number of carbonyl (C=O) groups excluding carboxylic acids is 1. The molecule has 0 aliphatic carbocycles. The number of rotatable bonds is 11. The van der Waals surface area contributed by atoms with E-state index in [4.69, 9.17) is 0 Å². The normalized spacial score (nSPS) is 10.7. The predicted molar refractivity (Wildman–Crippen MR) is 120 cm³/mol. The summed E-state index contributed by atoms with van der Waals surface area (Å²) < 4.78 is 0. The van der Waals surface area contributed by atoms with Crippen molar-refractivity contribution >= 4 is 47.6 Å². The van der Waals surface area contributed by atoms with E-state index in [-0.39, 0.29) is 29.9 Å². The lowest BCUT2D eigenvalue weighted by Gasteiger charge is -2.11. The first-order valence-corrected chi connectivity index (χ1v) is 9.97. The fourth-order valence-corrected chi connectivity index (χ4v) is 2.56. The minimum Gasteiger partial charge on any atom is -0.357 e. The largest absolute Gasteiger partial charge is 0.357 e. The van der Waals surface area contributed by atoms with Gasteiger partial charge in [-0.05, 0) is 37.3 Å². The first-order chi connectivity index (χ1) is 11.8. The number of hydrogen-bond donors (Lipinski definition) is 3. The topological polar surface area (TPSA) is 65.5 Å². The molecule has 142 valence electrons. The number of halogens is 1. The van der Waals surface area contributed by atoms with Gasteiger partial charge in [-0.2, -0.15) is 11.8 Å². The molecule has 1 rings (SSSR count). The molecule has 0 aliphatic heterocycles. The first-order valence-electron chi connectivity index (χ1n) is 8.58. The number of unbranched alkanes of at least 4 members (excludes halogenated alkanes) is 1. The van der Waals surface area contributed by atoms with Crippen LogP contribution in [0.1, 0.15) is 31.7 Å². The fraction of sp³-hybridized carbons (Fsp3) is 0.556. The van der Waals surface area contributed by atoms with E-state index in [1.807, 2.05) is 49.0 Å². The van der Waals surface area contributed by atoms with Gasteiger partial charge in [-0.15, -0.1) is 24.0 Å². The summed E-state index contributed by atoms with van der Waals surface area (Å²) >= 11 is 1.87. The predicted octanol–water partition coefficient (Wildman–Crippen LogP) is 3.01. The van der Waals surface area contributed by atoms with E-state index in [0.717, 1.165) is 31.0 Å². The molecule has 0 fully saturated rings. The highest BCUT2D eigenvalue weighted by atomic mass is 127. The molecular formula is C18H31IN4OS. The summed E-state index contributed by atoms with van der Waals surface area (Å²) in [6.07, 6.45) is 4.84. The molecule has 7 heteroatoms. The van der Waals surface area contributed by atoms with E-state index in [9.17, 15) is 4.79 Å². The van der Waals surface area contributed by atoms with Gasteiger partial charge in [0.1, 0.15) is 0 Å². The Bertz CT molecular complexity index is 485. The van der Waals surface area contributed by atoms with E-state index in [1.54, 1.807) is 0 Å². The third-order valence-corrected chi connectivity index (χ3v) is 4.04. The van der Waals surface area contributed by atoms with Crippen LogP contribution in [0, 0.1) is 0 Å². The van der Waals surface area contributed by atoms with E-state index >= 15 is 0 Å². The molecule has 0 atom stereocenters. The fourth-order valence-electron chi connectivity index (χ4n) is 2.07. The molecule has 25 heavy (non-hydrogen) atoms. The average Bonchev–Trinajstić information content (AvgIpc) is 2.60. The van der Waals surface area contributed by atoms with Gasteiger partial charge in [0.2, 0.25) is 5.91 Å². The van der Waals surface area contributed by atoms with Crippen LogP contribution >= 0.6 is 35.7 Å². The molecule has 0 aromatic heterocycles. The number of amides is 1. The molecule has 0 unspecified atom stereocenters. The smallest absolute Gasteiger partial charge is 0.222 e. The second kappa shape index (κ2) is 16.5. The number of nitrogens with zero attached hydrogens (tertiary/aromatic N) is 1. The molecule has 0 heterocycles. The molecule has 0 bridgehead atoms. The Kier molecular flexibility index (Phi) is 15.9. The maximum atomic E-state index is 11.9. The number of guanidine groups is 1. The van der Waals surface area contributed by atoms with Gasteiger partial charge in [-0.1, -0.05) is 30.3 Å². The highest BCUT2D eigenvalue weighted by molar-refractivity contribution is 14.0. The molecule has 1 aromatic rings. The van der Waals surface area contributed by atoms with Crippen molar-refractivity contribution in [2.24, 2.45) is 4.99 Å². The van der Waals surface area contributed by atoms with Gasteiger partial charge in [0, 0.05) is 32.6 Å². The van der Waals surface area contributed by atoms with Crippen LogP contribution in [0.5, 0.6) is 0 Å². The van der Waals surface area contributed by atoms with E-state index in [1.165, 1.54) is 12.2 Å². The standard InChI is InChI=1S/C18H30N4OS.HI/c1-3-19-18(20-12-7-8-14-24-2)21-13-11-17(23)22-15-16-9-5-4-6-10-16;/h4-6,9-10H,3,7-8,11-15H2,1-2H3,(H,22,23)(H2,19,20,21);1H. The minimum atomic E-state index is 0. The molecule has 0 spiro atoms. The Morgan fingerprint density at radius 1 is 1.12 bits per heavy atom. The van der Waals surface area contributed by atoms with Gasteiger partial charge >= 0.3 is 0 Å². The Labute approximate surface area is 173 Å². The highest BCUT2D eigenvalue weighted by Crippen LogP contribution is 1.99. The third-order valence-electron chi connectivity index (χ3n) is 3.35. The SMILES string of the molecule is CCNC(=NCCCCSC)NCCC(=O)NCc1ccccc1.I. The van der Waals surface area contributed by atoms with Gasteiger partial charge in [-0.25, -0.2) is 0 Å². The van der Waals surface area contributed by atoms with E-state index in [2.05, 4.69) is 27.2 Å². The van der Waals surface area contributed by atoms with Gasteiger partial charge in [0.15, 0.2) is 5.96 Å². The first kappa shape index (κ1) is 24.0. The number of benzene rings is 1. The molecule has 1 aromatic carbocycles. The van der Waals surface area contributed by atoms with Crippen molar-refractivity contribution in [3.05, 3.63) is 35.9 Å². The van der Waals surface area contributed by atoms with Crippen molar-refractivity contribution in [3.8, 4) is 0 Å².